The van der Waals surface area contributed by atoms with Crippen LogP contribution in [-0.2, 0) is 6.42 Å². The number of rotatable bonds is 5. The highest BCUT2D eigenvalue weighted by atomic mass is 19.1. The van der Waals surface area contributed by atoms with E-state index in [2.05, 4.69) is 25.7 Å². The smallest absolute Gasteiger partial charge is 0.251 e. The molecule has 4 aromatic rings. The third-order valence-electron chi connectivity index (χ3n) is 4.96. The van der Waals surface area contributed by atoms with Crippen molar-refractivity contribution in [1.29, 1.82) is 0 Å². The van der Waals surface area contributed by atoms with Crippen molar-refractivity contribution < 1.29 is 13.9 Å². The highest BCUT2D eigenvalue weighted by Gasteiger charge is 2.18. The molecule has 0 fully saturated rings. The summed E-state index contributed by atoms with van der Waals surface area (Å²) in [6.07, 6.45) is 0.581. The SMILES string of the molecule is COc1cc(C)c2c(CCNC(=O)c3ccc4nn[nH]c4c3)c(C)[nH]c2c1F. The van der Waals surface area contributed by atoms with Crippen molar-refractivity contribution in [3.63, 3.8) is 0 Å². The van der Waals surface area contributed by atoms with Crippen molar-refractivity contribution >= 4 is 27.8 Å². The Morgan fingerprint density at radius 3 is 2.89 bits per heavy atom. The Hall–Kier alpha value is -3.42. The minimum absolute atomic E-state index is 0.182. The molecule has 0 bridgehead atoms. The van der Waals surface area contributed by atoms with Gasteiger partial charge < -0.3 is 15.0 Å². The fourth-order valence-electron chi connectivity index (χ4n) is 3.57. The number of methoxy groups -OCH3 is 1. The molecular weight excluding hydrogens is 361 g/mol. The van der Waals surface area contributed by atoms with Crippen LogP contribution in [0.25, 0.3) is 21.9 Å². The predicted octanol–water partition coefficient (Wildman–Crippen LogP) is 3.18. The molecule has 0 aliphatic rings. The van der Waals surface area contributed by atoms with Gasteiger partial charge in [-0.25, -0.2) is 4.39 Å². The number of hydrogen-bond acceptors (Lipinski definition) is 4. The standard InChI is InChI=1S/C20H20FN5O2/c1-10-8-16(28-3)18(21)19-17(10)13(11(2)23-19)6-7-22-20(27)12-4-5-14-15(9-12)25-26-24-14/h4-5,8-9,23H,6-7H2,1-3H3,(H,22,27)(H,24,25,26). The van der Waals surface area contributed by atoms with Crippen molar-refractivity contribution in [3.8, 4) is 5.75 Å². The van der Waals surface area contributed by atoms with Crippen LogP contribution in [0.3, 0.4) is 0 Å². The summed E-state index contributed by atoms with van der Waals surface area (Å²) in [6, 6.07) is 6.87. The number of ether oxygens (including phenoxy) is 1. The fourth-order valence-corrected chi connectivity index (χ4v) is 3.57. The van der Waals surface area contributed by atoms with Crippen molar-refractivity contribution in [1.82, 2.24) is 25.7 Å². The fraction of sp³-hybridized carbons (Fsp3) is 0.250. The van der Waals surface area contributed by atoms with Gasteiger partial charge >= 0.3 is 0 Å². The molecule has 0 aliphatic carbocycles. The molecule has 0 spiro atoms. The molecule has 7 nitrogen and oxygen atoms in total. The molecule has 4 rings (SSSR count). The first-order valence-electron chi connectivity index (χ1n) is 8.93. The molecule has 0 saturated heterocycles. The van der Waals surface area contributed by atoms with E-state index < -0.39 is 5.82 Å². The Morgan fingerprint density at radius 2 is 2.11 bits per heavy atom. The summed E-state index contributed by atoms with van der Waals surface area (Å²) in [5.41, 5.74) is 5.18. The monoisotopic (exact) mass is 381 g/mol. The molecule has 8 heteroatoms. The predicted molar refractivity (Wildman–Crippen MR) is 104 cm³/mol. The second-order valence-corrected chi connectivity index (χ2v) is 6.74. The summed E-state index contributed by atoms with van der Waals surface area (Å²) in [4.78, 5) is 15.6. The maximum Gasteiger partial charge on any atom is 0.251 e. The van der Waals surface area contributed by atoms with Gasteiger partial charge in [0, 0.05) is 23.2 Å². The molecule has 144 valence electrons. The largest absolute Gasteiger partial charge is 0.494 e. The normalized spacial score (nSPS) is 11.3. The molecular formula is C20H20FN5O2. The number of H-pyrrole nitrogens is 2. The van der Waals surface area contributed by atoms with E-state index in [0.29, 0.717) is 35.1 Å². The second kappa shape index (κ2) is 6.95. The summed E-state index contributed by atoms with van der Waals surface area (Å²) >= 11 is 0. The third-order valence-corrected chi connectivity index (χ3v) is 4.96. The van der Waals surface area contributed by atoms with Gasteiger partial charge in [0.15, 0.2) is 11.6 Å². The van der Waals surface area contributed by atoms with Crippen LogP contribution >= 0.6 is 0 Å². The van der Waals surface area contributed by atoms with Gasteiger partial charge in [0.1, 0.15) is 5.52 Å². The van der Waals surface area contributed by atoms with Crippen LogP contribution in [0, 0.1) is 19.7 Å². The lowest BCUT2D eigenvalue weighted by Crippen LogP contribution is -2.25. The molecule has 0 radical (unpaired) electrons. The van der Waals surface area contributed by atoms with Crippen molar-refractivity contribution in [3.05, 3.63) is 52.5 Å². The summed E-state index contributed by atoms with van der Waals surface area (Å²) in [6.45, 7) is 4.26. The maximum absolute atomic E-state index is 14.6. The summed E-state index contributed by atoms with van der Waals surface area (Å²) in [5.74, 6) is -0.365. The number of aryl methyl sites for hydroxylation is 2. The zero-order valence-corrected chi connectivity index (χ0v) is 15.8. The number of aromatic nitrogens is 4. The van der Waals surface area contributed by atoms with Gasteiger partial charge in [-0.15, -0.1) is 5.10 Å². The van der Waals surface area contributed by atoms with Crippen LogP contribution in [0.1, 0.15) is 27.2 Å². The molecule has 0 saturated carbocycles. The van der Waals surface area contributed by atoms with Crippen LogP contribution in [0.5, 0.6) is 5.75 Å². The van der Waals surface area contributed by atoms with Crippen LogP contribution in [-0.4, -0.2) is 40.0 Å². The first-order chi connectivity index (χ1) is 13.5. The van der Waals surface area contributed by atoms with E-state index in [1.165, 1.54) is 7.11 Å². The average Bonchev–Trinajstić information content (AvgIpc) is 3.28. The van der Waals surface area contributed by atoms with Crippen LogP contribution in [0.2, 0.25) is 0 Å². The van der Waals surface area contributed by atoms with E-state index in [-0.39, 0.29) is 11.7 Å². The first kappa shape index (κ1) is 18.0. The number of nitrogens with zero attached hydrogens (tertiary/aromatic N) is 2. The maximum atomic E-state index is 14.6. The van der Waals surface area contributed by atoms with E-state index >= 15 is 0 Å². The van der Waals surface area contributed by atoms with Crippen LogP contribution < -0.4 is 10.1 Å². The van der Waals surface area contributed by atoms with Crippen molar-refractivity contribution in [2.45, 2.75) is 20.3 Å². The van der Waals surface area contributed by atoms with Gasteiger partial charge in [-0.05, 0) is 55.7 Å². The zero-order valence-electron chi connectivity index (χ0n) is 15.8. The number of benzene rings is 2. The molecule has 0 atom stereocenters. The summed E-state index contributed by atoms with van der Waals surface area (Å²) < 4.78 is 19.7. The molecule has 2 aromatic carbocycles. The number of hydrogen-bond donors (Lipinski definition) is 3. The van der Waals surface area contributed by atoms with Crippen molar-refractivity contribution in [2.75, 3.05) is 13.7 Å². The van der Waals surface area contributed by atoms with Gasteiger partial charge in [0.2, 0.25) is 0 Å². The molecule has 2 heterocycles. The van der Waals surface area contributed by atoms with E-state index in [0.717, 1.165) is 22.2 Å². The Kier molecular flexibility index (Phi) is 4.46. The summed E-state index contributed by atoms with van der Waals surface area (Å²) in [5, 5.41) is 14.1. The van der Waals surface area contributed by atoms with Gasteiger partial charge in [-0.1, -0.05) is 5.21 Å². The first-order valence-corrected chi connectivity index (χ1v) is 8.93. The lowest BCUT2D eigenvalue weighted by Gasteiger charge is -2.09. The quantitative estimate of drug-likeness (QED) is 0.495. The molecule has 3 N–H and O–H groups in total. The Bertz CT molecular complexity index is 1190. The van der Waals surface area contributed by atoms with Gasteiger partial charge in [-0.2, -0.15) is 0 Å². The topological polar surface area (TPSA) is 95.7 Å². The van der Waals surface area contributed by atoms with E-state index in [9.17, 15) is 9.18 Å². The van der Waals surface area contributed by atoms with E-state index in [4.69, 9.17) is 4.74 Å². The van der Waals surface area contributed by atoms with Crippen LogP contribution in [0.4, 0.5) is 4.39 Å². The minimum atomic E-state index is -0.400. The number of amides is 1. The Labute approximate surface area is 160 Å². The molecule has 0 unspecified atom stereocenters. The second-order valence-electron chi connectivity index (χ2n) is 6.74. The van der Waals surface area contributed by atoms with Crippen molar-refractivity contribution in [2.24, 2.45) is 0 Å². The van der Waals surface area contributed by atoms with Gasteiger partial charge in [-0.3, -0.25) is 9.89 Å². The van der Waals surface area contributed by atoms with Crippen LogP contribution in [0.15, 0.2) is 24.3 Å². The summed E-state index contributed by atoms with van der Waals surface area (Å²) in [7, 11) is 1.45. The number of halogens is 1. The lowest BCUT2D eigenvalue weighted by atomic mass is 10.0. The number of carbonyl (C=O) groups excluding carboxylic acids is 1. The van der Waals surface area contributed by atoms with Gasteiger partial charge in [0.25, 0.3) is 5.91 Å². The molecule has 1 amide bonds. The highest BCUT2D eigenvalue weighted by molar-refractivity contribution is 5.97. The third kappa shape index (κ3) is 2.96. The zero-order chi connectivity index (χ0) is 19.8. The Balaban J connectivity index is 1.53. The highest BCUT2D eigenvalue weighted by Crippen LogP contribution is 2.33. The molecule has 2 aromatic heterocycles. The van der Waals surface area contributed by atoms with E-state index in [1.807, 2.05) is 13.8 Å². The number of aromatic amines is 2. The average molecular weight is 381 g/mol. The number of carbonyl (C=O) groups is 1. The Morgan fingerprint density at radius 1 is 1.29 bits per heavy atom. The van der Waals surface area contributed by atoms with E-state index in [1.54, 1.807) is 24.3 Å². The van der Waals surface area contributed by atoms with Gasteiger partial charge in [0.05, 0.1) is 18.1 Å². The molecule has 0 aliphatic heterocycles. The number of fused-ring (bicyclic) bond motifs is 2. The molecule has 28 heavy (non-hydrogen) atoms. The lowest BCUT2D eigenvalue weighted by molar-refractivity contribution is 0.0954. The minimum Gasteiger partial charge on any atom is -0.494 e. The number of nitrogens with one attached hydrogen (secondary N) is 3.